The summed E-state index contributed by atoms with van der Waals surface area (Å²) in [6, 6.07) is 22.8. The Morgan fingerprint density at radius 2 is 1.76 bits per heavy atom. The van der Waals surface area contributed by atoms with Gasteiger partial charge in [-0.05, 0) is 72.8 Å². The van der Waals surface area contributed by atoms with Gasteiger partial charge in [-0.2, -0.15) is 0 Å². The molecule has 1 aliphatic heterocycles. The molecule has 0 spiro atoms. The first-order valence-electron chi connectivity index (χ1n) is 11.9. The van der Waals surface area contributed by atoms with E-state index in [2.05, 4.69) is 62.2 Å². The lowest BCUT2D eigenvalue weighted by molar-refractivity contribution is -0.126. The van der Waals surface area contributed by atoms with Crippen LogP contribution in [0.25, 0.3) is 10.9 Å². The van der Waals surface area contributed by atoms with Gasteiger partial charge in [-0.15, -0.1) is 0 Å². The molecule has 3 heterocycles. The molecule has 1 fully saturated rings. The largest absolute Gasteiger partial charge is 0.352 e. The zero-order chi connectivity index (χ0) is 23.3. The lowest BCUT2D eigenvalue weighted by Gasteiger charge is -2.31. The van der Waals surface area contributed by atoms with E-state index in [4.69, 9.17) is 11.6 Å². The van der Waals surface area contributed by atoms with Crippen LogP contribution in [0.4, 0.5) is 0 Å². The van der Waals surface area contributed by atoms with Crippen molar-refractivity contribution in [3.63, 3.8) is 0 Å². The first-order valence-corrected chi connectivity index (χ1v) is 12.2. The van der Waals surface area contributed by atoms with Crippen LogP contribution in [-0.4, -0.2) is 33.4 Å². The number of nitrogens with one attached hydrogen (secondary N) is 1. The van der Waals surface area contributed by atoms with Crippen molar-refractivity contribution in [3.05, 3.63) is 101 Å². The molecular formula is C28H29ClN4O. The van der Waals surface area contributed by atoms with Crippen molar-refractivity contribution in [2.45, 2.75) is 32.5 Å². The van der Waals surface area contributed by atoms with Crippen molar-refractivity contribution in [3.8, 4) is 0 Å². The number of likely N-dealkylation sites (tertiary alicyclic amines) is 1. The second kappa shape index (κ2) is 10.4. The number of hydrogen-bond acceptors (Lipinski definition) is 3. The third-order valence-electron chi connectivity index (χ3n) is 6.68. The molecule has 5 nitrogen and oxygen atoms in total. The summed E-state index contributed by atoms with van der Waals surface area (Å²) in [4.78, 5) is 19.3. The number of nitrogens with zero attached hydrogens (tertiary/aromatic N) is 3. The monoisotopic (exact) mass is 472 g/mol. The Bertz CT molecular complexity index is 1240. The lowest BCUT2D eigenvalue weighted by Crippen LogP contribution is -2.40. The fourth-order valence-corrected chi connectivity index (χ4v) is 4.90. The summed E-state index contributed by atoms with van der Waals surface area (Å²) < 4.78 is 2.41. The van der Waals surface area contributed by atoms with Crippen molar-refractivity contribution >= 4 is 28.4 Å². The maximum absolute atomic E-state index is 12.7. The van der Waals surface area contributed by atoms with E-state index >= 15 is 0 Å². The molecule has 4 aromatic rings. The van der Waals surface area contributed by atoms with E-state index in [1.54, 1.807) is 12.4 Å². The number of para-hydroxylation sites is 1. The maximum Gasteiger partial charge on any atom is 0.223 e. The van der Waals surface area contributed by atoms with Gasteiger partial charge in [-0.1, -0.05) is 48.0 Å². The molecule has 174 valence electrons. The number of hydrogen-bond donors (Lipinski definition) is 1. The molecule has 1 amide bonds. The van der Waals surface area contributed by atoms with Gasteiger partial charge in [0.05, 0.1) is 0 Å². The zero-order valence-corrected chi connectivity index (χ0v) is 19.9. The lowest BCUT2D eigenvalue weighted by atomic mass is 9.95. The Balaban J connectivity index is 1.23. The Morgan fingerprint density at radius 3 is 2.53 bits per heavy atom. The molecule has 1 N–H and O–H groups in total. The number of fused-ring (bicyclic) bond motifs is 1. The number of pyridine rings is 1. The average Bonchev–Trinajstić information content (AvgIpc) is 3.21. The van der Waals surface area contributed by atoms with Crippen LogP contribution in [0, 0.1) is 5.92 Å². The highest BCUT2D eigenvalue weighted by Gasteiger charge is 2.25. The number of carbonyl (C=O) groups excluding carboxylic acids is 1. The number of piperidine rings is 1. The second-order valence-corrected chi connectivity index (χ2v) is 9.47. The van der Waals surface area contributed by atoms with Gasteiger partial charge in [0.25, 0.3) is 0 Å². The van der Waals surface area contributed by atoms with Crippen LogP contribution in [0.2, 0.25) is 5.02 Å². The smallest absolute Gasteiger partial charge is 0.223 e. The van der Waals surface area contributed by atoms with E-state index in [9.17, 15) is 4.79 Å². The normalized spacial score (nSPS) is 15.0. The molecule has 1 saturated heterocycles. The SMILES string of the molecule is O=C(NCc1cccnc1)C1CCN(Cc2cc3ccccc3n2Cc2ccc(Cl)cc2)CC1. The summed E-state index contributed by atoms with van der Waals surface area (Å²) in [7, 11) is 0. The predicted octanol–water partition coefficient (Wildman–Crippen LogP) is 5.27. The summed E-state index contributed by atoms with van der Waals surface area (Å²) in [5, 5.41) is 5.10. The topological polar surface area (TPSA) is 50.2 Å². The molecule has 1 aliphatic rings. The molecule has 0 unspecified atom stereocenters. The minimum Gasteiger partial charge on any atom is -0.352 e. The molecular weight excluding hydrogens is 444 g/mol. The Hall–Kier alpha value is -3.15. The molecule has 0 atom stereocenters. The summed E-state index contributed by atoms with van der Waals surface area (Å²) in [6.07, 6.45) is 5.31. The van der Waals surface area contributed by atoms with E-state index in [0.717, 1.165) is 49.6 Å². The summed E-state index contributed by atoms with van der Waals surface area (Å²) >= 11 is 6.09. The van der Waals surface area contributed by atoms with Gasteiger partial charge in [0.15, 0.2) is 0 Å². The van der Waals surface area contributed by atoms with Crippen LogP contribution >= 0.6 is 11.6 Å². The van der Waals surface area contributed by atoms with Gasteiger partial charge in [0, 0.05) is 54.2 Å². The highest BCUT2D eigenvalue weighted by molar-refractivity contribution is 6.30. The highest BCUT2D eigenvalue weighted by atomic mass is 35.5. The van der Waals surface area contributed by atoms with E-state index in [1.165, 1.54) is 22.2 Å². The summed E-state index contributed by atoms with van der Waals surface area (Å²) in [5.41, 5.74) is 4.81. The maximum atomic E-state index is 12.7. The van der Waals surface area contributed by atoms with E-state index in [1.807, 2.05) is 24.3 Å². The number of carbonyl (C=O) groups is 1. The van der Waals surface area contributed by atoms with Crippen LogP contribution in [0.1, 0.15) is 29.7 Å². The minimum atomic E-state index is 0.0767. The molecule has 34 heavy (non-hydrogen) atoms. The van der Waals surface area contributed by atoms with Crippen molar-refractivity contribution in [1.82, 2.24) is 19.8 Å². The van der Waals surface area contributed by atoms with E-state index < -0.39 is 0 Å². The molecule has 6 heteroatoms. The fraction of sp³-hybridized carbons (Fsp3) is 0.286. The van der Waals surface area contributed by atoms with E-state index in [0.29, 0.717) is 6.54 Å². The number of aromatic nitrogens is 2. The third kappa shape index (κ3) is 5.32. The first-order chi connectivity index (χ1) is 16.7. The predicted molar refractivity (Wildman–Crippen MR) is 137 cm³/mol. The zero-order valence-electron chi connectivity index (χ0n) is 19.2. The molecule has 2 aromatic carbocycles. The van der Waals surface area contributed by atoms with E-state index in [-0.39, 0.29) is 11.8 Å². The van der Waals surface area contributed by atoms with Gasteiger partial charge in [0.2, 0.25) is 5.91 Å². The van der Waals surface area contributed by atoms with Crippen molar-refractivity contribution in [2.24, 2.45) is 5.92 Å². The Morgan fingerprint density at radius 1 is 0.971 bits per heavy atom. The van der Waals surface area contributed by atoms with Crippen molar-refractivity contribution < 1.29 is 4.79 Å². The highest BCUT2D eigenvalue weighted by Crippen LogP contribution is 2.25. The first kappa shape index (κ1) is 22.6. The van der Waals surface area contributed by atoms with Crippen LogP contribution in [0.15, 0.2) is 79.1 Å². The fourth-order valence-electron chi connectivity index (χ4n) is 4.78. The molecule has 2 aromatic heterocycles. The number of benzene rings is 2. The van der Waals surface area contributed by atoms with Crippen LogP contribution in [0.3, 0.4) is 0 Å². The van der Waals surface area contributed by atoms with Crippen molar-refractivity contribution in [1.29, 1.82) is 0 Å². The number of halogens is 1. The molecule has 5 rings (SSSR count). The second-order valence-electron chi connectivity index (χ2n) is 9.04. The van der Waals surface area contributed by atoms with Crippen molar-refractivity contribution in [2.75, 3.05) is 13.1 Å². The summed E-state index contributed by atoms with van der Waals surface area (Å²) in [5.74, 6) is 0.230. The molecule has 0 aliphatic carbocycles. The van der Waals surface area contributed by atoms with Gasteiger partial charge in [-0.3, -0.25) is 14.7 Å². The van der Waals surface area contributed by atoms with Gasteiger partial charge in [0.1, 0.15) is 0 Å². The quantitative estimate of drug-likeness (QED) is 0.399. The van der Waals surface area contributed by atoms with Crippen LogP contribution in [0.5, 0.6) is 0 Å². The summed E-state index contributed by atoms with van der Waals surface area (Å²) in [6.45, 7) is 4.08. The Labute approximate surface area is 205 Å². The van der Waals surface area contributed by atoms with Crippen LogP contribution in [-0.2, 0) is 24.4 Å². The third-order valence-corrected chi connectivity index (χ3v) is 6.94. The van der Waals surface area contributed by atoms with Gasteiger partial charge >= 0.3 is 0 Å². The Kier molecular flexibility index (Phi) is 6.93. The minimum absolute atomic E-state index is 0.0767. The molecule has 0 bridgehead atoms. The average molecular weight is 473 g/mol. The van der Waals surface area contributed by atoms with Crippen LogP contribution < -0.4 is 5.32 Å². The molecule has 0 saturated carbocycles. The molecule has 0 radical (unpaired) electrons. The van der Waals surface area contributed by atoms with Gasteiger partial charge in [-0.25, -0.2) is 0 Å². The number of amides is 1. The van der Waals surface area contributed by atoms with Gasteiger partial charge < -0.3 is 9.88 Å². The standard InChI is InChI=1S/C28H29ClN4O/c29-25-9-7-21(8-10-25)19-33-26(16-24-5-1-2-6-27(24)33)20-32-14-11-23(12-15-32)28(34)31-18-22-4-3-13-30-17-22/h1-10,13,16-17,23H,11-12,14-15,18-20H2,(H,31,34). The number of rotatable bonds is 7.